The van der Waals surface area contributed by atoms with E-state index in [2.05, 4.69) is 10.6 Å². The third-order valence-corrected chi connectivity index (χ3v) is 5.64. The van der Waals surface area contributed by atoms with Crippen LogP contribution in [0.3, 0.4) is 0 Å². The molecular weight excluding hydrogens is 354 g/mol. The summed E-state index contributed by atoms with van der Waals surface area (Å²) < 4.78 is 0. The van der Waals surface area contributed by atoms with E-state index in [-0.39, 0.29) is 23.7 Å². The molecule has 6 heteroatoms. The summed E-state index contributed by atoms with van der Waals surface area (Å²) >= 11 is 0. The van der Waals surface area contributed by atoms with E-state index in [0.29, 0.717) is 12.8 Å². The third-order valence-electron chi connectivity index (χ3n) is 5.64. The third kappa shape index (κ3) is 6.98. The van der Waals surface area contributed by atoms with E-state index in [9.17, 15) is 14.4 Å². The average molecular weight is 390 g/mol. The van der Waals surface area contributed by atoms with Crippen LogP contribution in [0.1, 0.15) is 53.0 Å². The summed E-state index contributed by atoms with van der Waals surface area (Å²) in [6, 6.07) is 7.95. The molecule has 6 nitrogen and oxygen atoms in total. The van der Waals surface area contributed by atoms with Crippen molar-refractivity contribution in [3.8, 4) is 0 Å². The molecule has 0 spiro atoms. The lowest BCUT2D eigenvalue weighted by molar-refractivity contribution is -0.133. The molecule has 1 aromatic rings. The van der Waals surface area contributed by atoms with Crippen molar-refractivity contribution < 1.29 is 14.4 Å². The van der Waals surface area contributed by atoms with Gasteiger partial charge in [0.2, 0.25) is 17.7 Å². The summed E-state index contributed by atoms with van der Waals surface area (Å²) in [4.78, 5) is 37.4. The molecule has 0 saturated heterocycles. The molecule has 0 heterocycles. The highest BCUT2D eigenvalue weighted by Gasteiger charge is 2.30. The molecule has 0 radical (unpaired) electrons. The minimum atomic E-state index is -0.771. The van der Waals surface area contributed by atoms with Gasteiger partial charge in [0.15, 0.2) is 0 Å². The second kappa shape index (κ2) is 11.5. The second-order valence-electron chi connectivity index (χ2n) is 7.70. The number of nitrogens with two attached hydrogens (primary N) is 1. The molecule has 0 bridgehead atoms. The van der Waals surface area contributed by atoms with Crippen molar-refractivity contribution >= 4 is 17.7 Å². The first-order valence-corrected chi connectivity index (χ1v) is 10.1. The summed E-state index contributed by atoms with van der Waals surface area (Å²) in [5, 5.41) is 5.63. The predicted octanol–water partition coefficient (Wildman–Crippen LogP) is 2.41. The van der Waals surface area contributed by atoms with Crippen LogP contribution in [0.4, 0.5) is 0 Å². The molecule has 3 amide bonds. The number of amides is 3. The molecule has 0 saturated carbocycles. The fraction of sp³-hybridized carbons (Fsp3) is 0.591. The van der Waals surface area contributed by atoms with Gasteiger partial charge in [0, 0.05) is 12.3 Å². The Morgan fingerprint density at radius 3 is 1.96 bits per heavy atom. The van der Waals surface area contributed by atoms with Crippen molar-refractivity contribution in [3.63, 3.8) is 0 Å². The van der Waals surface area contributed by atoms with Crippen molar-refractivity contribution in [2.45, 2.75) is 66.0 Å². The lowest BCUT2D eigenvalue weighted by atomic mass is 9.92. The van der Waals surface area contributed by atoms with Gasteiger partial charge >= 0.3 is 0 Å². The number of carbonyl (C=O) groups excluding carboxylic acids is 3. The molecule has 0 unspecified atom stereocenters. The first-order chi connectivity index (χ1) is 13.2. The van der Waals surface area contributed by atoms with Crippen LogP contribution in [0.25, 0.3) is 0 Å². The van der Waals surface area contributed by atoms with Crippen LogP contribution >= 0.6 is 0 Å². The van der Waals surface area contributed by atoms with E-state index in [1.807, 2.05) is 65.0 Å². The number of benzene rings is 1. The topological polar surface area (TPSA) is 101 Å². The molecule has 0 aromatic heterocycles. The molecule has 0 fully saturated rings. The highest BCUT2D eigenvalue weighted by Crippen LogP contribution is 2.15. The smallest absolute Gasteiger partial charge is 0.243 e. The summed E-state index contributed by atoms with van der Waals surface area (Å²) in [5.74, 6) is -1.22. The van der Waals surface area contributed by atoms with Crippen LogP contribution in [-0.2, 0) is 20.8 Å². The van der Waals surface area contributed by atoms with Gasteiger partial charge in [-0.15, -0.1) is 0 Å². The molecule has 0 aliphatic rings. The number of carbonyl (C=O) groups is 3. The van der Waals surface area contributed by atoms with Crippen LogP contribution < -0.4 is 16.4 Å². The van der Waals surface area contributed by atoms with E-state index in [1.54, 1.807) is 0 Å². The Balaban J connectivity index is 3.00. The van der Waals surface area contributed by atoms with Crippen molar-refractivity contribution in [2.24, 2.45) is 23.5 Å². The fourth-order valence-corrected chi connectivity index (χ4v) is 2.96. The molecule has 0 aliphatic carbocycles. The first kappa shape index (κ1) is 23.7. The van der Waals surface area contributed by atoms with E-state index in [0.717, 1.165) is 12.0 Å². The van der Waals surface area contributed by atoms with Gasteiger partial charge in [0.1, 0.15) is 12.1 Å². The molecule has 1 aromatic carbocycles. The van der Waals surface area contributed by atoms with Crippen molar-refractivity contribution in [1.82, 2.24) is 10.6 Å². The molecule has 0 aliphatic heterocycles. The van der Waals surface area contributed by atoms with Gasteiger partial charge < -0.3 is 16.4 Å². The Kier molecular flexibility index (Phi) is 9.69. The van der Waals surface area contributed by atoms with E-state index < -0.39 is 23.9 Å². The summed E-state index contributed by atoms with van der Waals surface area (Å²) in [6.45, 7) is 9.72. The number of hydrogen-bond acceptors (Lipinski definition) is 3. The van der Waals surface area contributed by atoms with Gasteiger partial charge in [-0.2, -0.15) is 0 Å². The average Bonchev–Trinajstić information content (AvgIpc) is 2.69. The van der Waals surface area contributed by atoms with Gasteiger partial charge in [0.25, 0.3) is 0 Å². The Labute approximate surface area is 168 Å². The van der Waals surface area contributed by atoms with Crippen molar-refractivity contribution in [3.05, 3.63) is 35.9 Å². The number of primary amides is 1. The number of rotatable bonds is 11. The van der Waals surface area contributed by atoms with E-state index in [4.69, 9.17) is 5.73 Å². The highest BCUT2D eigenvalue weighted by molar-refractivity contribution is 5.92. The zero-order valence-corrected chi connectivity index (χ0v) is 17.7. The normalized spacial score (nSPS) is 16.3. The largest absolute Gasteiger partial charge is 0.368 e. The monoisotopic (exact) mass is 389 g/mol. The fourth-order valence-electron chi connectivity index (χ4n) is 2.96. The molecular formula is C22H35N3O3. The zero-order valence-electron chi connectivity index (χ0n) is 17.7. The van der Waals surface area contributed by atoms with Crippen LogP contribution in [0.15, 0.2) is 30.3 Å². The molecule has 156 valence electrons. The van der Waals surface area contributed by atoms with Crippen LogP contribution in [0, 0.1) is 17.8 Å². The maximum Gasteiger partial charge on any atom is 0.243 e. The lowest BCUT2D eigenvalue weighted by Gasteiger charge is -2.26. The molecule has 28 heavy (non-hydrogen) atoms. The van der Waals surface area contributed by atoms with Gasteiger partial charge in [-0.25, -0.2) is 0 Å². The molecule has 4 N–H and O–H groups in total. The minimum absolute atomic E-state index is 0.0893. The summed E-state index contributed by atoms with van der Waals surface area (Å²) in [5.41, 5.74) is 6.41. The van der Waals surface area contributed by atoms with Crippen LogP contribution in [0.2, 0.25) is 0 Å². The predicted molar refractivity (Wildman–Crippen MR) is 111 cm³/mol. The quantitative estimate of drug-likeness (QED) is 0.542. The molecule has 1 rings (SSSR count). The van der Waals surface area contributed by atoms with E-state index >= 15 is 0 Å². The Hall–Kier alpha value is -2.37. The number of nitrogens with one attached hydrogen (secondary N) is 2. The lowest BCUT2D eigenvalue weighted by Crippen LogP contribution is -2.56. The van der Waals surface area contributed by atoms with Gasteiger partial charge in [-0.1, -0.05) is 77.8 Å². The Morgan fingerprint density at radius 2 is 1.46 bits per heavy atom. The van der Waals surface area contributed by atoms with Crippen LogP contribution in [0.5, 0.6) is 0 Å². The van der Waals surface area contributed by atoms with E-state index in [1.165, 1.54) is 0 Å². The van der Waals surface area contributed by atoms with Crippen molar-refractivity contribution in [1.29, 1.82) is 0 Å². The molecule has 5 atom stereocenters. The van der Waals surface area contributed by atoms with Gasteiger partial charge in [-0.05, 0) is 17.4 Å². The summed E-state index contributed by atoms with van der Waals surface area (Å²) in [6.07, 6.45) is 1.92. The zero-order chi connectivity index (χ0) is 21.3. The SMILES string of the molecule is CC[C@H](C)[C@H](C)C(=O)N[C@@H](Cc1ccccc1)C(=O)N[C@H](C(N)=O)[C@@H](C)CC. The van der Waals surface area contributed by atoms with Gasteiger partial charge in [0.05, 0.1) is 0 Å². The van der Waals surface area contributed by atoms with Crippen molar-refractivity contribution in [2.75, 3.05) is 0 Å². The Morgan fingerprint density at radius 1 is 0.893 bits per heavy atom. The highest BCUT2D eigenvalue weighted by atomic mass is 16.2. The minimum Gasteiger partial charge on any atom is -0.368 e. The Bertz CT molecular complexity index is 648. The second-order valence-corrected chi connectivity index (χ2v) is 7.70. The first-order valence-electron chi connectivity index (χ1n) is 10.1. The summed E-state index contributed by atoms with van der Waals surface area (Å²) in [7, 11) is 0. The maximum atomic E-state index is 12.9. The van der Waals surface area contributed by atoms with Gasteiger partial charge in [-0.3, -0.25) is 14.4 Å². The maximum absolute atomic E-state index is 12.9. The standard InChI is InChI=1S/C22H35N3O3/c1-6-14(3)16(5)21(27)24-18(13-17-11-9-8-10-12-17)22(28)25-19(20(23)26)15(4)7-2/h8-12,14-16,18-19H,6-7,13H2,1-5H3,(H2,23,26)(H,24,27)(H,25,28)/t14-,15-,16-,18-,19-/m0/s1. The number of hydrogen-bond donors (Lipinski definition) is 3. The van der Waals surface area contributed by atoms with Crippen LogP contribution in [-0.4, -0.2) is 29.8 Å².